The molecule has 1 rings (SSSR count). The van der Waals surface area contributed by atoms with Crippen molar-refractivity contribution in [1.82, 2.24) is 0 Å². The normalized spacial score (nSPS) is 14.4. The molecule has 0 aliphatic rings. The fourth-order valence-electron chi connectivity index (χ4n) is 1.90. The van der Waals surface area contributed by atoms with E-state index in [0.29, 0.717) is 6.04 Å². The minimum atomic E-state index is 0.545. The Hall–Kier alpha value is -0.690. The van der Waals surface area contributed by atoms with Crippen LogP contribution in [-0.4, -0.2) is 6.04 Å². The largest absolute Gasteiger partial charge is 0.382 e. The van der Waals surface area contributed by atoms with Crippen LogP contribution in [0.5, 0.6) is 0 Å². The number of rotatable bonds is 6. The van der Waals surface area contributed by atoms with Crippen LogP contribution in [-0.2, 0) is 0 Å². The third-order valence-electron chi connectivity index (χ3n) is 3.42. The highest BCUT2D eigenvalue weighted by atomic mass is 35.5. The first-order valence-corrected chi connectivity index (χ1v) is 6.97. The highest BCUT2D eigenvalue weighted by Crippen LogP contribution is 2.22. The molecule has 17 heavy (non-hydrogen) atoms. The van der Waals surface area contributed by atoms with E-state index in [1.807, 2.05) is 13.0 Å². The minimum absolute atomic E-state index is 0.545. The molecule has 0 aliphatic carbocycles. The molecule has 0 spiro atoms. The molecule has 2 heteroatoms. The van der Waals surface area contributed by atoms with Gasteiger partial charge in [-0.05, 0) is 43.4 Å². The number of hydrogen-bond acceptors (Lipinski definition) is 1. The van der Waals surface area contributed by atoms with Gasteiger partial charge in [0.05, 0.1) is 0 Å². The zero-order chi connectivity index (χ0) is 12.8. The van der Waals surface area contributed by atoms with Gasteiger partial charge in [-0.3, -0.25) is 0 Å². The van der Waals surface area contributed by atoms with Crippen LogP contribution >= 0.6 is 11.6 Å². The van der Waals surface area contributed by atoms with E-state index >= 15 is 0 Å². The first kappa shape index (κ1) is 14.4. The lowest BCUT2D eigenvalue weighted by molar-refractivity contribution is 0.462. The molecule has 0 aliphatic heterocycles. The second kappa shape index (κ2) is 6.90. The van der Waals surface area contributed by atoms with E-state index in [0.717, 1.165) is 28.6 Å². The van der Waals surface area contributed by atoms with Gasteiger partial charge < -0.3 is 5.32 Å². The van der Waals surface area contributed by atoms with Gasteiger partial charge in [-0.15, -0.1) is 0 Å². The van der Waals surface area contributed by atoms with Crippen LogP contribution in [0.25, 0.3) is 0 Å². The molecule has 0 radical (unpaired) electrons. The Balaban J connectivity index is 2.63. The van der Waals surface area contributed by atoms with Crippen molar-refractivity contribution >= 4 is 17.3 Å². The summed E-state index contributed by atoms with van der Waals surface area (Å²) in [5.74, 6) is 0.772. The van der Waals surface area contributed by atoms with Crippen molar-refractivity contribution < 1.29 is 0 Å². The van der Waals surface area contributed by atoms with Gasteiger partial charge in [-0.2, -0.15) is 0 Å². The van der Waals surface area contributed by atoms with E-state index in [-0.39, 0.29) is 0 Å². The molecule has 0 fully saturated rings. The average molecular weight is 254 g/mol. The smallest absolute Gasteiger partial charge is 0.0455 e. The van der Waals surface area contributed by atoms with Gasteiger partial charge in [0, 0.05) is 16.8 Å². The summed E-state index contributed by atoms with van der Waals surface area (Å²) in [4.78, 5) is 0. The predicted molar refractivity (Wildman–Crippen MR) is 78.0 cm³/mol. The van der Waals surface area contributed by atoms with Crippen molar-refractivity contribution in [2.45, 2.75) is 53.0 Å². The maximum Gasteiger partial charge on any atom is 0.0455 e. The van der Waals surface area contributed by atoms with Crippen LogP contribution in [0.4, 0.5) is 5.69 Å². The van der Waals surface area contributed by atoms with Crippen LogP contribution in [0.2, 0.25) is 5.02 Å². The Kier molecular flexibility index (Phi) is 5.84. The second-order valence-electron chi connectivity index (χ2n) is 4.96. The summed E-state index contributed by atoms with van der Waals surface area (Å²) in [6, 6.07) is 6.75. The summed E-state index contributed by atoms with van der Waals surface area (Å²) in [5, 5.41) is 4.42. The van der Waals surface area contributed by atoms with E-state index in [9.17, 15) is 0 Å². The van der Waals surface area contributed by atoms with E-state index in [2.05, 4.69) is 38.2 Å². The molecule has 0 heterocycles. The van der Waals surface area contributed by atoms with E-state index in [4.69, 9.17) is 11.6 Å². The standard InChI is InChI=1S/C15H24ClN/c1-5-11(3)9-13(6-2)17-14-8-7-12(4)15(16)10-14/h7-8,10-11,13,17H,5-6,9H2,1-4H3. The molecular formula is C15H24ClN. The van der Waals surface area contributed by atoms with E-state index in [1.54, 1.807) is 0 Å². The summed E-state index contributed by atoms with van der Waals surface area (Å²) in [6.45, 7) is 8.82. The van der Waals surface area contributed by atoms with Gasteiger partial charge in [-0.25, -0.2) is 0 Å². The number of benzene rings is 1. The molecule has 1 aromatic carbocycles. The van der Waals surface area contributed by atoms with Crippen LogP contribution in [0.15, 0.2) is 18.2 Å². The molecule has 1 N–H and O–H groups in total. The molecule has 0 aromatic heterocycles. The fourth-order valence-corrected chi connectivity index (χ4v) is 2.08. The summed E-state index contributed by atoms with van der Waals surface area (Å²) in [5.41, 5.74) is 2.27. The summed E-state index contributed by atoms with van der Waals surface area (Å²) in [6.07, 6.45) is 3.61. The average Bonchev–Trinajstić information content (AvgIpc) is 2.32. The second-order valence-corrected chi connectivity index (χ2v) is 5.37. The van der Waals surface area contributed by atoms with E-state index in [1.165, 1.54) is 12.8 Å². The number of aryl methyl sites for hydroxylation is 1. The van der Waals surface area contributed by atoms with Gasteiger partial charge in [0.15, 0.2) is 0 Å². The summed E-state index contributed by atoms with van der Waals surface area (Å²) < 4.78 is 0. The first-order chi connectivity index (χ1) is 8.06. The Morgan fingerprint density at radius 3 is 2.47 bits per heavy atom. The first-order valence-electron chi connectivity index (χ1n) is 6.59. The maximum atomic E-state index is 6.13. The lowest BCUT2D eigenvalue weighted by Gasteiger charge is -2.21. The van der Waals surface area contributed by atoms with Gasteiger partial charge in [-0.1, -0.05) is 44.9 Å². The van der Waals surface area contributed by atoms with Crippen molar-refractivity contribution in [2.24, 2.45) is 5.92 Å². The molecular weight excluding hydrogens is 230 g/mol. The summed E-state index contributed by atoms with van der Waals surface area (Å²) in [7, 11) is 0. The third-order valence-corrected chi connectivity index (χ3v) is 3.83. The predicted octanol–water partition coefficient (Wildman–Crippen LogP) is 5.28. The lowest BCUT2D eigenvalue weighted by Crippen LogP contribution is -2.21. The van der Waals surface area contributed by atoms with Crippen LogP contribution in [0.3, 0.4) is 0 Å². The fraction of sp³-hybridized carbons (Fsp3) is 0.600. The van der Waals surface area contributed by atoms with Gasteiger partial charge >= 0.3 is 0 Å². The highest BCUT2D eigenvalue weighted by molar-refractivity contribution is 6.31. The SMILES string of the molecule is CCC(C)CC(CC)Nc1ccc(C)c(Cl)c1. The topological polar surface area (TPSA) is 12.0 Å². The monoisotopic (exact) mass is 253 g/mol. The highest BCUT2D eigenvalue weighted by Gasteiger charge is 2.10. The van der Waals surface area contributed by atoms with Crippen molar-refractivity contribution in [3.8, 4) is 0 Å². The molecule has 0 amide bonds. The van der Waals surface area contributed by atoms with Crippen molar-refractivity contribution in [2.75, 3.05) is 5.32 Å². The summed E-state index contributed by atoms with van der Waals surface area (Å²) >= 11 is 6.13. The quantitative estimate of drug-likeness (QED) is 0.728. The van der Waals surface area contributed by atoms with E-state index < -0.39 is 0 Å². The minimum Gasteiger partial charge on any atom is -0.382 e. The van der Waals surface area contributed by atoms with Gasteiger partial charge in [0.1, 0.15) is 0 Å². The maximum absolute atomic E-state index is 6.13. The Morgan fingerprint density at radius 1 is 1.24 bits per heavy atom. The molecule has 2 atom stereocenters. The molecule has 0 saturated heterocycles. The number of nitrogens with one attached hydrogen (secondary N) is 1. The third kappa shape index (κ3) is 4.59. The number of hydrogen-bond donors (Lipinski definition) is 1. The molecule has 96 valence electrons. The van der Waals surface area contributed by atoms with Crippen molar-refractivity contribution in [1.29, 1.82) is 0 Å². The molecule has 0 bridgehead atoms. The van der Waals surface area contributed by atoms with Crippen LogP contribution in [0, 0.1) is 12.8 Å². The molecule has 1 aromatic rings. The van der Waals surface area contributed by atoms with Crippen molar-refractivity contribution in [3.05, 3.63) is 28.8 Å². The molecule has 1 nitrogen and oxygen atoms in total. The zero-order valence-corrected chi connectivity index (χ0v) is 12.1. The van der Waals surface area contributed by atoms with Gasteiger partial charge in [0.25, 0.3) is 0 Å². The van der Waals surface area contributed by atoms with Crippen LogP contribution < -0.4 is 5.32 Å². The number of anilines is 1. The Morgan fingerprint density at radius 2 is 1.94 bits per heavy atom. The van der Waals surface area contributed by atoms with Crippen molar-refractivity contribution in [3.63, 3.8) is 0 Å². The number of halogens is 1. The molecule has 0 saturated carbocycles. The van der Waals surface area contributed by atoms with Crippen LogP contribution in [0.1, 0.15) is 45.6 Å². The Labute approximate surface area is 111 Å². The zero-order valence-electron chi connectivity index (χ0n) is 11.4. The van der Waals surface area contributed by atoms with Gasteiger partial charge in [0.2, 0.25) is 0 Å². The molecule has 2 unspecified atom stereocenters. The lowest BCUT2D eigenvalue weighted by atomic mass is 9.97. The Bertz CT molecular complexity index is 349.